The van der Waals surface area contributed by atoms with Gasteiger partial charge in [0.25, 0.3) is 0 Å². The van der Waals surface area contributed by atoms with Crippen molar-refractivity contribution in [1.82, 2.24) is 5.32 Å². The molecule has 0 radical (unpaired) electrons. The van der Waals surface area contributed by atoms with E-state index in [4.69, 9.17) is 23.7 Å². The first-order valence-electron chi connectivity index (χ1n) is 26.5. The molecule has 0 aromatic heterocycles. The van der Waals surface area contributed by atoms with Gasteiger partial charge in [-0.1, -0.05) is 213 Å². The van der Waals surface area contributed by atoms with Crippen molar-refractivity contribution >= 4 is 6.09 Å². The van der Waals surface area contributed by atoms with Crippen molar-refractivity contribution in [2.75, 3.05) is 40.1 Å². The van der Waals surface area contributed by atoms with Crippen LogP contribution in [0, 0.1) is 0 Å². The van der Waals surface area contributed by atoms with Crippen LogP contribution in [0.1, 0.15) is 273 Å². The van der Waals surface area contributed by atoms with Gasteiger partial charge in [0.1, 0.15) is 12.7 Å². The number of amides is 1. The molecule has 0 rings (SSSR count). The summed E-state index contributed by atoms with van der Waals surface area (Å²) in [6, 6.07) is 0. The Morgan fingerprint density at radius 2 is 0.867 bits per heavy atom. The zero-order chi connectivity index (χ0) is 44.3. The van der Waals surface area contributed by atoms with Crippen molar-refractivity contribution in [3.05, 3.63) is 0 Å². The lowest BCUT2D eigenvalue weighted by molar-refractivity contribution is -0.0879. The van der Waals surface area contributed by atoms with Crippen LogP contribution in [0.25, 0.3) is 0 Å². The first kappa shape index (κ1) is 59.1. The van der Waals surface area contributed by atoms with E-state index in [1.54, 1.807) is 7.11 Å². The second kappa shape index (κ2) is 43.4. The number of methoxy groups -OCH3 is 1. The number of carbonyl (C=O) groups excluding carboxylic acids is 1. The highest BCUT2D eigenvalue weighted by atomic mass is 16.6. The quantitative estimate of drug-likeness (QED) is 0.0615. The predicted molar refractivity (Wildman–Crippen MR) is 259 cm³/mol. The van der Waals surface area contributed by atoms with Gasteiger partial charge in [-0.25, -0.2) is 4.79 Å². The second-order valence-electron chi connectivity index (χ2n) is 19.2. The maximum absolute atomic E-state index is 12.8. The number of hydrogen-bond donors (Lipinski definition) is 1. The Kier molecular flexibility index (Phi) is 42.7. The molecule has 0 bridgehead atoms. The number of rotatable bonds is 48. The van der Waals surface area contributed by atoms with Crippen LogP contribution >= 0.6 is 0 Å². The normalized spacial score (nSPS) is 14.0. The average Bonchev–Trinajstić information content (AvgIpc) is 3.23. The van der Waals surface area contributed by atoms with Gasteiger partial charge in [-0.2, -0.15) is 0 Å². The lowest BCUT2D eigenvalue weighted by atomic mass is 9.98. The van der Waals surface area contributed by atoms with Crippen molar-refractivity contribution in [2.45, 2.75) is 297 Å². The highest BCUT2D eigenvalue weighted by Gasteiger charge is 2.26. The molecule has 1 N–H and O–H groups in total. The molecular formula is C53H107NO6. The molecule has 0 aliphatic carbocycles. The van der Waals surface area contributed by atoms with E-state index >= 15 is 0 Å². The molecule has 0 aromatic rings. The zero-order valence-corrected chi connectivity index (χ0v) is 41.9. The van der Waals surface area contributed by atoms with E-state index in [-0.39, 0.29) is 30.0 Å². The van der Waals surface area contributed by atoms with Crippen LogP contribution in [0.15, 0.2) is 0 Å². The number of ether oxygens (including phenoxy) is 5. The molecule has 0 aliphatic heterocycles. The lowest BCUT2D eigenvalue weighted by Crippen LogP contribution is -2.39. The van der Waals surface area contributed by atoms with E-state index in [1.165, 1.54) is 193 Å². The van der Waals surface area contributed by atoms with Crippen molar-refractivity contribution < 1.29 is 28.5 Å². The van der Waals surface area contributed by atoms with E-state index in [1.807, 2.05) is 0 Å². The van der Waals surface area contributed by atoms with E-state index in [0.717, 1.165) is 32.3 Å². The summed E-state index contributed by atoms with van der Waals surface area (Å²) in [5.41, 5.74) is -0.529. The third-order valence-corrected chi connectivity index (χ3v) is 13.0. The highest BCUT2D eigenvalue weighted by molar-refractivity contribution is 5.67. The topological polar surface area (TPSA) is 75.3 Å². The summed E-state index contributed by atoms with van der Waals surface area (Å²) >= 11 is 0. The molecule has 0 spiro atoms. The molecule has 1 amide bonds. The Morgan fingerprint density at radius 3 is 1.23 bits per heavy atom. The van der Waals surface area contributed by atoms with Gasteiger partial charge in [-0.05, 0) is 59.8 Å². The number of nitrogens with one attached hydrogen (secondary N) is 1. The van der Waals surface area contributed by atoms with Crippen molar-refractivity contribution in [3.63, 3.8) is 0 Å². The minimum atomic E-state index is -0.407. The molecule has 3 unspecified atom stereocenters. The van der Waals surface area contributed by atoms with Crippen LogP contribution < -0.4 is 5.32 Å². The number of alkyl carbamates (subject to hydrolysis) is 1. The summed E-state index contributed by atoms with van der Waals surface area (Å²) in [4.78, 5) is 12.8. The SMILES string of the molecule is CCCCCCCCCCCCCCCCCCOC(C)C(COC(=O)NCCC(C)(CC)OCCC(C)(C)OC)OCCCCCCCCCCCCCCCCCC. The third-order valence-electron chi connectivity index (χ3n) is 13.0. The van der Waals surface area contributed by atoms with Gasteiger partial charge in [-0.3, -0.25) is 0 Å². The average molecular weight is 854 g/mol. The van der Waals surface area contributed by atoms with Crippen molar-refractivity contribution in [3.8, 4) is 0 Å². The molecule has 0 saturated heterocycles. The molecule has 0 aromatic carbocycles. The van der Waals surface area contributed by atoms with Gasteiger partial charge in [0, 0.05) is 26.9 Å². The first-order valence-corrected chi connectivity index (χ1v) is 26.5. The summed E-state index contributed by atoms with van der Waals surface area (Å²) in [7, 11) is 1.74. The molecule has 0 saturated carbocycles. The summed E-state index contributed by atoms with van der Waals surface area (Å²) in [5, 5.41) is 2.95. The number of carbonyl (C=O) groups is 1. The molecule has 0 heterocycles. The van der Waals surface area contributed by atoms with Crippen LogP contribution in [-0.2, 0) is 23.7 Å². The Bertz CT molecular complexity index is 885. The minimum absolute atomic E-state index is 0.136. The van der Waals surface area contributed by atoms with E-state index in [0.29, 0.717) is 26.2 Å². The lowest BCUT2D eigenvalue weighted by Gasteiger charge is -2.31. The molecule has 60 heavy (non-hydrogen) atoms. The van der Waals surface area contributed by atoms with Crippen molar-refractivity contribution in [2.24, 2.45) is 0 Å². The Morgan fingerprint density at radius 1 is 0.500 bits per heavy atom. The largest absolute Gasteiger partial charge is 0.447 e. The van der Waals surface area contributed by atoms with Crippen LogP contribution in [0.4, 0.5) is 4.79 Å². The Labute approximate surface area is 375 Å². The number of unbranched alkanes of at least 4 members (excludes halogenated alkanes) is 30. The van der Waals surface area contributed by atoms with Gasteiger partial charge in [-0.15, -0.1) is 0 Å². The van der Waals surface area contributed by atoms with Crippen LogP contribution in [0.3, 0.4) is 0 Å². The number of hydrogen-bond acceptors (Lipinski definition) is 6. The maximum atomic E-state index is 12.8. The van der Waals surface area contributed by atoms with Crippen LogP contribution in [0.5, 0.6) is 0 Å². The Balaban J connectivity index is 4.43. The molecule has 360 valence electrons. The first-order chi connectivity index (χ1) is 29.1. The van der Waals surface area contributed by atoms with Gasteiger partial charge in [0.05, 0.1) is 23.9 Å². The van der Waals surface area contributed by atoms with Crippen molar-refractivity contribution in [1.29, 1.82) is 0 Å². The van der Waals surface area contributed by atoms with Gasteiger partial charge in [0.2, 0.25) is 0 Å². The third kappa shape index (κ3) is 39.9. The summed E-state index contributed by atoms with van der Waals surface area (Å²) in [6.45, 7) is 17.7. The summed E-state index contributed by atoms with van der Waals surface area (Å²) in [6.07, 6.45) is 45.0. The minimum Gasteiger partial charge on any atom is -0.447 e. The molecule has 3 atom stereocenters. The van der Waals surface area contributed by atoms with Crippen LogP contribution in [-0.4, -0.2) is 69.6 Å². The molecule has 0 fully saturated rings. The Hall–Kier alpha value is -0.890. The fourth-order valence-electron chi connectivity index (χ4n) is 7.86. The highest BCUT2D eigenvalue weighted by Crippen LogP contribution is 2.22. The zero-order valence-electron chi connectivity index (χ0n) is 41.9. The maximum Gasteiger partial charge on any atom is 0.407 e. The van der Waals surface area contributed by atoms with E-state index in [2.05, 4.69) is 53.8 Å². The smallest absolute Gasteiger partial charge is 0.407 e. The molecular weight excluding hydrogens is 747 g/mol. The summed E-state index contributed by atoms with van der Waals surface area (Å²) in [5.74, 6) is 0. The van der Waals surface area contributed by atoms with Gasteiger partial charge in [0.15, 0.2) is 0 Å². The predicted octanol–water partition coefficient (Wildman–Crippen LogP) is 16.4. The molecule has 7 nitrogen and oxygen atoms in total. The van der Waals surface area contributed by atoms with Gasteiger partial charge >= 0.3 is 6.09 Å². The standard InChI is InChI=1S/C53H107NO6/c1-9-12-14-16-18-20-22-24-26-28-30-32-34-36-38-40-45-57-49(4)50(48-59-51(55)54-44-42-53(7,11-3)60-47-43-52(5,6)56-8)58-46-41-39-37-35-33-31-29-27-25-23-21-19-17-15-13-10-2/h49-50H,9-48H2,1-8H3,(H,54,55). The molecule has 0 aliphatic rings. The molecule has 7 heteroatoms. The van der Waals surface area contributed by atoms with Gasteiger partial charge < -0.3 is 29.0 Å². The monoisotopic (exact) mass is 854 g/mol. The van der Waals surface area contributed by atoms with E-state index < -0.39 is 6.09 Å². The van der Waals surface area contributed by atoms with E-state index in [9.17, 15) is 4.79 Å². The van der Waals surface area contributed by atoms with Crippen LogP contribution in [0.2, 0.25) is 0 Å². The fraction of sp³-hybridized carbons (Fsp3) is 0.981. The second-order valence-corrected chi connectivity index (χ2v) is 19.2. The summed E-state index contributed by atoms with van der Waals surface area (Å²) < 4.78 is 30.2. The fourth-order valence-corrected chi connectivity index (χ4v) is 7.86.